The zero-order valence-corrected chi connectivity index (χ0v) is 15.3. The number of nitrogens with one attached hydrogen (secondary N) is 2. The highest BCUT2D eigenvalue weighted by Crippen LogP contribution is 2.40. The molecule has 146 valence electrons. The van der Waals surface area contributed by atoms with Gasteiger partial charge in [0.05, 0.1) is 0 Å². The predicted molar refractivity (Wildman–Crippen MR) is 103 cm³/mol. The molecule has 5 rings (SSSR count). The lowest BCUT2D eigenvalue weighted by molar-refractivity contribution is 0.101. The molecule has 8 nitrogen and oxygen atoms in total. The maximum absolute atomic E-state index is 12.5. The van der Waals surface area contributed by atoms with Crippen molar-refractivity contribution in [1.29, 1.82) is 0 Å². The van der Waals surface area contributed by atoms with E-state index >= 15 is 0 Å². The average Bonchev–Trinajstić information content (AvgIpc) is 3.26. The Morgan fingerprint density at radius 3 is 2.45 bits per heavy atom. The predicted octanol–water partition coefficient (Wildman–Crippen LogP) is 3.79. The molecule has 0 saturated heterocycles. The lowest BCUT2D eigenvalue weighted by Gasteiger charge is -2.08. The SMILES string of the molecule is O=C(Nc1cccc(NC(=O)c2cc(C3CC3)on2)c1)c1ccc2c(c1)OCO2. The fourth-order valence-electron chi connectivity index (χ4n) is 3.07. The molecular formula is C21H17N3O5. The van der Waals surface area contributed by atoms with Gasteiger partial charge in [-0.15, -0.1) is 0 Å². The molecule has 0 bridgehead atoms. The maximum atomic E-state index is 12.5. The molecule has 0 atom stereocenters. The Hall–Kier alpha value is -3.81. The lowest BCUT2D eigenvalue weighted by Crippen LogP contribution is -2.14. The molecule has 29 heavy (non-hydrogen) atoms. The van der Waals surface area contributed by atoms with Crippen molar-refractivity contribution >= 4 is 23.2 Å². The molecule has 1 saturated carbocycles. The molecule has 2 amide bonds. The van der Waals surface area contributed by atoms with E-state index in [1.54, 1.807) is 48.5 Å². The quantitative estimate of drug-likeness (QED) is 0.686. The van der Waals surface area contributed by atoms with E-state index in [9.17, 15) is 9.59 Å². The van der Waals surface area contributed by atoms with Crippen LogP contribution >= 0.6 is 0 Å². The van der Waals surface area contributed by atoms with Crippen LogP contribution in [-0.4, -0.2) is 23.8 Å². The summed E-state index contributed by atoms with van der Waals surface area (Å²) in [6.45, 7) is 0.149. The molecule has 1 aliphatic heterocycles. The van der Waals surface area contributed by atoms with E-state index in [1.807, 2.05) is 0 Å². The van der Waals surface area contributed by atoms with Gasteiger partial charge in [0.15, 0.2) is 17.2 Å². The largest absolute Gasteiger partial charge is 0.454 e. The molecule has 2 N–H and O–H groups in total. The van der Waals surface area contributed by atoms with Gasteiger partial charge in [-0.3, -0.25) is 9.59 Å². The molecule has 1 aromatic heterocycles. The number of fused-ring (bicyclic) bond motifs is 1. The van der Waals surface area contributed by atoms with Gasteiger partial charge in [0.1, 0.15) is 5.76 Å². The number of anilines is 2. The summed E-state index contributed by atoms with van der Waals surface area (Å²) in [4.78, 5) is 24.9. The third-order valence-electron chi connectivity index (χ3n) is 4.75. The Balaban J connectivity index is 1.26. The Bertz CT molecular complexity index is 1100. The van der Waals surface area contributed by atoms with Crippen LogP contribution in [0.15, 0.2) is 53.1 Å². The number of hydrogen-bond donors (Lipinski definition) is 2. The summed E-state index contributed by atoms with van der Waals surface area (Å²) in [5.41, 5.74) is 1.76. The van der Waals surface area contributed by atoms with Crippen molar-refractivity contribution in [3.63, 3.8) is 0 Å². The zero-order valence-electron chi connectivity index (χ0n) is 15.3. The minimum absolute atomic E-state index is 0.149. The molecule has 0 spiro atoms. The minimum Gasteiger partial charge on any atom is -0.454 e. The summed E-state index contributed by atoms with van der Waals surface area (Å²) >= 11 is 0. The monoisotopic (exact) mass is 391 g/mol. The van der Waals surface area contributed by atoms with Crippen molar-refractivity contribution in [2.45, 2.75) is 18.8 Å². The van der Waals surface area contributed by atoms with Crippen LogP contribution in [0.2, 0.25) is 0 Å². The van der Waals surface area contributed by atoms with Gasteiger partial charge in [-0.2, -0.15) is 0 Å². The average molecular weight is 391 g/mol. The van der Waals surface area contributed by atoms with E-state index in [2.05, 4.69) is 15.8 Å². The normalized spacial score (nSPS) is 14.5. The zero-order chi connectivity index (χ0) is 19.8. The second-order valence-corrected chi connectivity index (χ2v) is 6.95. The lowest BCUT2D eigenvalue weighted by atomic mass is 10.2. The van der Waals surface area contributed by atoms with Crippen LogP contribution in [0.4, 0.5) is 11.4 Å². The summed E-state index contributed by atoms with van der Waals surface area (Å²) < 4.78 is 15.8. The summed E-state index contributed by atoms with van der Waals surface area (Å²) in [6.07, 6.45) is 2.14. The smallest absolute Gasteiger partial charge is 0.277 e. The molecule has 0 unspecified atom stereocenters. The van der Waals surface area contributed by atoms with Crippen molar-refractivity contribution in [2.24, 2.45) is 0 Å². The van der Waals surface area contributed by atoms with Gasteiger partial charge in [0.25, 0.3) is 11.8 Å². The van der Waals surface area contributed by atoms with Crippen LogP contribution in [0.1, 0.15) is 45.4 Å². The van der Waals surface area contributed by atoms with E-state index in [1.165, 1.54) is 0 Å². The van der Waals surface area contributed by atoms with Crippen molar-refractivity contribution in [2.75, 3.05) is 17.4 Å². The number of hydrogen-bond acceptors (Lipinski definition) is 6. The van der Waals surface area contributed by atoms with Gasteiger partial charge in [0.2, 0.25) is 6.79 Å². The molecule has 3 aromatic rings. The summed E-state index contributed by atoms with van der Waals surface area (Å²) in [6, 6.07) is 13.5. The van der Waals surface area contributed by atoms with Crippen LogP contribution in [0, 0.1) is 0 Å². The van der Waals surface area contributed by atoms with Crippen LogP contribution in [0.5, 0.6) is 11.5 Å². The number of nitrogens with zero attached hydrogens (tertiary/aromatic N) is 1. The van der Waals surface area contributed by atoms with E-state index in [0.29, 0.717) is 34.4 Å². The molecule has 1 fully saturated rings. The Morgan fingerprint density at radius 2 is 1.66 bits per heavy atom. The van der Waals surface area contributed by atoms with Crippen molar-refractivity contribution in [1.82, 2.24) is 5.16 Å². The summed E-state index contributed by atoms with van der Waals surface area (Å²) in [5.74, 6) is 1.64. The van der Waals surface area contributed by atoms with Crippen LogP contribution < -0.4 is 20.1 Å². The first-order valence-corrected chi connectivity index (χ1v) is 9.25. The number of rotatable bonds is 5. The number of ether oxygens (including phenoxy) is 2. The van der Waals surface area contributed by atoms with Crippen molar-refractivity contribution in [3.05, 3.63) is 65.5 Å². The van der Waals surface area contributed by atoms with E-state index in [-0.39, 0.29) is 24.3 Å². The van der Waals surface area contributed by atoms with Gasteiger partial charge in [-0.25, -0.2) is 0 Å². The number of amides is 2. The minimum atomic E-state index is -0.361. The molecule has 8 heteroatoms. The van der Waals surface area contributed by atoms with Crippen LogP contribution in [-0.2, 0) is 0 Å². The number of benzene rings is 2. The van der Waals surface area contributed by atoms with Crippen molar-refractivity contribution < 1.29 is 23.6 Å². The first-order chi connectivity index (χ1) is 14.2. The summed E-state index contributed by atoms with van der Waals surface area (Å²) in [7, 11) is 0. The van der Waals surface area contributed by atoms with E-state index in [0.717, 1.165) is 18.6 Å². The maximum Gasteiger partial charge on any atom is 0.277 e. The Kier molecular flexibility index (Phi) is 4.16. The molecule has 2 aromatic carbocycles. The molecule has 2 heterocycles. The Labute approximate surface area is 165 Å². The van der Waals surface area contributed by atoms with E-state index < -0.39 is 0 Å². The third kappa shape index (κ3) is 3.64. The fourth-order valence-corrected chi connectivity index (χ4v) is 3.07. The molecular weight excluding hydrogens is 374 g/mol. The molecule has 1 aliphatic carbocycles. The third-order valence-corrected chi connectivity index (χ3v) is 4.75. The van der Waals surface area contributed by atoms with Gasteiger partial charge < -0.3 is 24.6 Å². The first kappa shape index (κ1) is 17.3. The number of carbonyl (C=O) groups is 2. The highest BCUT2D eigenvalue weighted by atomic mass is 16.7. The van der Waals surface area contributed by atoms with Gasteiger partial charge in [-0.05, 0) is 49.2 Å². The van der Waals surface area contributed by atoms with Gasteiger partial charge in [0, 0.05) is 28.9 Å². The highest BCUT2D eigenvalue weighted by molar-refractivity contribution is 6.06. The highest BCUT2D eigenvalue weighted by Gasteiger charge is 2.29. The second kappa shape index (κ2) is 6.97. The first-order valence-electron chi connectivity index (χ1n) is 9.25. The summed E-state index contributed by atoms with van der Waals surface area (Å²) in [5, 5.41) is 9.41. The second-order valence-electron chi connectivity index (χ2n) is 6.95. The van der Waals surface area contributed by atoms with Crippen molar-refractivity contribution in [3.8, 4) is 11.5 Å². The Morgan fingerprint density at radius 1 is 0.897 bits per heavy atom. The van der Waals surface area contributed by atoms with Crippen LogP contribution in [0.3, 0.4) is 0 Å². The van der Waals surface area contributed by atoms with Crippen LogP contribution in [0.25, 0.3) is 0 Å². The molecule has 0 radical (unpaired) electrons. The fraction of sp³-hybridized carbons (Fsp3) is 0.190. The van der Waals surface area contributed by atoms with Gasteiger partial charge in [-0.1, -0.05) is 11.2 Å². The van der Waals surface area contributed by atoms with Gasteiger partial charge >= 0.3 is 0 Å². The topological polar surface area (TPSA) is 103 Å². The number of aromatic nitrogens is 1. The molecule has 2 aliphatic rings. The standard InChI is InChI=1S/C21H17N3O5/c25-20(13-6-7-17-19(8-13)28-11-27-17)22-14-2-1-3-15(9-14)23-21(26)16-10-18(29-24-16)12-4-5-12/h1-3,6-10,12H,4-5,11H2,(H,22,25)(H,23,26). The number of carbonyl (C=O) groups excluding carboxylic acids is 2. The van der Waals surface area contributed by atoms with E-state index in [4.69, 9.17) is 14.0 Å².